The van der Waals surface area contributed by atoms with Crippen LogP contribution in [0.15, 0.2) is 4.99 Å². The second-order valence-electron chi connectivity index (χ2n) is 8.57. The fraction of sp³-hybridized carbons (Fsp3) is 0.800. The number of thioether (sulfide) groups is 1. The van der Waals surface area contributed by atoms with Crippen LogP contribution in [-0.4, -0.2) is 75.0 Å². The number of nitrogens with one attached hydrogen (secondary N) is 2. The van der Waals surface area contributed by atoms with Crippen LogP contribution in [0.1, 0.15) is 51.7 Å². The average molecular weight is 568 g/mol. The molecular weight excluding hydrogens is 529 g/mol. The largest absolute Gasteiger partial charge is 0.444 e. The van der Waals surface area contributed by atoms with Gasteiger partial charge in [-0.2, -0.15) is 11.8 Å². The van der Waals surface area contributed by atoms with Gasteiger partial charge < -0.3 is 24.8 Å². The van der Waals surface area contributed by atoms with Gasteiger partial charge in [0.2, 0.25) is 0 Å². The molecule has 9 nitrogen and oxygen atoms in total. The molecule has 1 saturated heterocycles. The van der Waals surface area contributed by atoms with Crippen molar-refractivity contribution in [1.29, 1.82) is 0 Å². The van der Waals surface area contributed by atoms with Gasteiger partial charge in [0, 0.05) is 32.7 Å². The van der Waals surface area contributed by atoms with Gasteiger partial charge in [0.1, 0.15) is 18.0 Å². The number of carbonyl (C=O) groups is 1. The van der Waals surface area contributed by atoms with Crippen LogP contribution in [0.5, 0.6) is 0 Å². The summed E-state index contributed by atoms with van der Waals surface area (Å²) in [6.45, 7) is 10.2. The molecule has 0 spiro atoms. The third kappa shape index (κ3) is 9.84. The number of guanidine groups is 1. The molecule has 2 heterocycles. The van der Waals surface area contributed by atoms with E-state index in [1.54, 1.807) is 4.90 Å². The lowest BCUT2D eigenvalue weighted by Crippen LogP contribution is -2.53. The van der Waals surface area contributed by atoms with E-state index < -0.39 is 5.60 Å². The maximum absolute atomic E-state index is 12.4. The Labute approximate surface area is 207 Å². The minimum absolute atomic E-state index is 0. The van der Waals surface area contributed by atoms with E-state index in [4.69, 9.17) is 9.73 Å². The van der Waals surface area contributed by atoms with E-state index in [9.17, 15) is 4.79 Å². The van der Waals surface area contributed by atoms with Gasteiger partial charge >= 0.3 is 6.09 Å². The molecule has 1 aliphatic rings. The molecule has 31 heavy (non-hydrogen) atoms. The minimum Gasteiger partial charge on any atom is -0.444 e. The van der Waals surface area contributed by atoms with Gasteiger partial charge in [-0.15, -0.1) is 34.2 Å². The molecule has 1 aliphatic heterocycles. The Morgan fingerprint density at radius 1 is 1.35 bits per heavy atom. The normalized spacial score (nSPS) is 17.2. The number of hydrogen-bond acceptors (Lipinski definition) is 6. The van der Waals surface area contributed by atoms with Crippen LogP contribution in [0.4, 0.5) is 4.79 Å². The molecule has 1 amide bonds. The monoisotopic (exact) mass is 567 g/mol. The van der Waals surface area contributed by atoms with E-state index in [0.29, 0.717) is 13.1 Å². The molecule has 0 aromatic carbocycles. The summed E-state index contributed by atoms with van der Waals surface area (Å²) in [5.74, 6) is 3.52. The van der Waals surface area contributed by atoms with Gasteiger partial charge in [-0.05, 0) is 59.0 Å². The van der Waals surface area contributed by atoms with Gasteiger partial charge in [-0.25, -0.2) is 9.79 Å². The van der Waals surface area contributed by atoms with Gasteiger partial charge in [0.05, 0.1) is 0 Å². The lowest BCUT2D eigenvalue weighted by Gasteiger charge is -2.35. The number of aryl methyl sites for hydroxylation is 1. The van der Waals surface area contributed by atoms with Gasteiger partial charge in [0.25, 0.3) is 0 Å². The van der Waals surface area contributed by atoms with Crippen molar-refractivity contribution in [2.75, 3.05) is 31.6 Å². The summed E-state index contributed by atoms with van der Waals surface area (Å²) < 4.78 is 7.48. The van der Waals surface area contributed by atoms with Gasteiger partial charge in [-0.3, -0.25) is 0 Å². The fourth-order valence-electron chi connectivity index (χ4n) is 3.09. The van der Waals surface area contributed by atoms with Crippen LogP contribution in [0.25, 0.3) is 0 Å². The Morgan fingerprint density at radius 3 is 2.71 bits per heavy atom. The van der Waals surface area contributed by atoms with E-state index in [0.717, 1.165) is 55.7 Å². The summed E-state index contributed by atoms with van der Waals surface area (Å²) in [4.78, 5) is 18.9. The SMILES string of the molecule is CSCCCNC(=NCc1nnc(C)n1C)NC1CCCN(C(=O)OC(C)(C)C)C1.I. The number of aromatic nitrogens is 3. The molecule has 1 aromatic heterocycles. The summed E-state index contributed by atoms with van der Waals surface area (Å²) in [5.41, 5.74) is -0.489. The number of likely N-dealkylation sites (tertiary alicyclic amines) is 1. The Hall–Kier alpha value is -1.24. The van der Waals surface area contributed by atoms with Crippen LogP contribution >= 0.6 is 35.7 Å². The quantitative estimate of drug-likeness (QED) is 0.226. The molecule has 2 N–H and O–H groups in total. The number of rotatable bonds is 7. The third-order valence-electron chi connectivity index (χ3n) is 4.79. The molecule has 1 atom stereocenters. The summed E-state index contributed by atoms with van der Waals surface area (Å²) >= 11 is 1.83. The van der Waals surface area contributed by atoms with Crippen LogP contribution in [0.3, 0.4) is 0 Å². The summed E-state index contributed by atoms with van der Waals surface area (Å²) in [6, 6.07) is 0.124. The molecule has 2 rings (SSSR count). The lowest BCUT2D eigenvalue weighted by molar-refractivity contribution is 0.0193. The standard InChI is InChI=1S/C20H37N7O2S.HI/c1-15-24-25-17(26(15)5)13-22-18(21-10-8-12-30-6)23-16-9-7-11-27(14-16)19(28)29-20(2,3)4;/h16H,7-14H2,1-6H3,(H2,21,22,23);1H. The van der Waals surface area contributed by atoms with Crippen molar-refractivity contribution in [2.24, 2.45) is 12.0 Å². The first-order valence-corrected chi connectivity index (χ1v) is 12.0. The van der Waals surface area contributed by atoms with Crippen LogP contribution in [0.2, 0.25) is 0 Å². The van der Waals surface area contributed by atoms with Crippen LogP contribution in [-0.2, 0) is 18.3 Å². The van der Waals surface area contributed by atoms with Gasteiger partial charge in [-0.1, -0.05) is 0 Å². The smallest absolute Gasteiger partial charge is 0.410 e. The molecule has 0 saturated carbocycles. The highest BCUT2D eigenvalue weighted by Crippen LogP contribution is 2.15. The van der Waals surface area contributed by atoms with Crippen molar-refractivity contribution in [3.05, 3.63) is 11.6 Å². The van der Waals surface area contributed by atoms with Crippen LogP contribution < -0.4 is 10.6 Å². The maximum atomic E-state index is 12.4. The molecule has 1 unspecified atom stereocenters. The van der Waals surface area contributed by atoms with E-state index >= 15 is 0 Å². The number of aliphatic imine (C=N–C) groups is 1. The van der Waals surface area contributed by atoms with E-state index in [1.807, 2.05) is 51.1 Å². The molecule has 1 fully saturated rings. The molecular formula is C20H38IN7O2S. The number of nitrogens with zero attached hydrogens (tertiary/aromatic N) is 5. The number of piperidine rings is 1. The fourth-order valence-corrected chi connectivity index (χ4v) is 3.53. The number of ether oxygens (including phenoxy) is 1. The first-order valence-electron chi connectivity index (χ1n) is 10.6. The van der Waals surface area contributed by atoms with Crippen molar-refractivity contribution in [2.45, 2.75) is 65.1 Å². The van der Waals surface area contributed by atoms with Crippen molar-refractivity contribution in [3.8, 4) is 0 Å². The molecule has 0 radical (unpaired) electrons. The van der Waals surface area contributed by atoms with Crippen LogP contribution in [0, 0.1) is 6.92 Å². The molecule has 0 aliphatic carbocycles. The Morgan fingerprint density at radius 2 is 2.10 bits per heavy atom. The summed E-state index contributed by atoms with van der Waals surface area (Å²) in [6.07, 6.45) is 4.82. The second kappa shape index (κ2) is 13.3. The summed E-state index contributed by atoms with van der Waals surface area (Å²) in [5, 5.41) is 15.2. The molecule has 178 valence electrons. The number of hydrogen-bond donors (Lipinski definition) is 2. The maximum Gasteiger partial charge on any atom is 0.410 e. The van der Waals surface area contributed by atoms with E-state index in [-0.39, 0.29) is 36.1 Å². The zero-order valence-electron chi connectivity index (χ0n) is 19.6. The van der Waals surface area contributed by atoms with Crippen molar-refractivity contribution in [1.82, 2.24) is 30.3 Å². The predicted octanol–water partition coefficient (Wildman–Crippen LogP) is 2.93. The first-order chi connectivity index (χ1) is 14.2. The molecule has 1 aromatic rings. The Balaban J connectivity index is 0.00000480. The number of amides is 1. The molecule has 0 bridgehead atoms. The summed E-state index contributed by atoms with van der Waals surface area (Å²) in [7, 11) is 1.94. The highest BCUT2D eigenvalue weighted by atomic mass is 127. The molecule has 11 heteroatoms. The highest BCUT2D eigenvalue weighted by Gasteiger charge is 2.28. The third-order valence-corrected chi connectivity index (χ3v) is 5.49. The number of halogens is 1. The van der Waals surface area contributed by atoms with Crippen molar-refractivity contribution < 1.29 is 9.53 Å². The second-order valence-corrected chi connectivity index (χ2v) is 9.56. The number of carbonyl (C=O) groups excluding carboxylic acids is 1. The zero-order valence-corrected chi connectivity index (χ0v) is 22.8. The predicted molar refractivity (Wildman–Crippen MR) is 137 cm³/mol. The Bertz CT molecular complexity index is 721. The lowest BCUT2D eigenvalue weighted by atomic mass is 10.1. The first kappa shape index (κ1) is 27.8. The average Bonchev–Trinajstić information content (AvgIpc) is 3.00. The van der Waals surface area contributed by atoms with E-state index in [2.05, 4.69) is 27.1 Å². The Kier molecular flexibility index (Phi) is 12.0. The van der Waals surface area contributed by atoms with E-state index in [1.165, 1.54) is 0 Å². The topological polar surface area (TPSA) is 96.7 Å². The highest BCUT2D eigenvalue weighted by molar-refractivity contribution is 14.0. The minimum atomic E-state index is -0.489. The van der Waals surface area contributed by atoms with Crippen molar-refractivity contribution >= 4 is 47.8 Å². The zero-order chi connectivity index (χ0) is 22.1. The van der Waals surface area contributed by atoms with Gasteiger partial charge in [0.15, 0.2) is 11.8 Å². The van der Waals surface area contributed by atoms with Crippen molar-refractivity contribution in [3.63, 3.8) is 0 Å².